The highest BCUT2D eigenvalue weighted by Crippen LogP contribution is 2.61. The molecule has 4 bridgehead atoms. The topological polar surface area (TPSA) is 47.9 Å². The molecule has 4 heteroatoms. The lowest BCUT2D eigenvalue weighted by atomic mass is 9.48. The number of nitrogens with zero attached hydrogens (tertiary/aromatic N) is 1. The molecule has 1 aromatic rings. The third-order valence-electron chi connectivity index (χ3n) is 6.94. The van der Waals surface area contributed by atoms with E-state index in [1.165, 1.54) is 45.4 Å². The normalized spacial score (nSPS) is 32.6. The van der Waals surface area contributed by atoms with E-state index < -0.39 is 0 Å². The van der Waals surface area contributed by atoms with E-state index in [-0.39, 0.29) is 5.97 Å². The summed E-state index contributed by atoms with van der Waals surface area (Å²) in [6.07, 6.45) is 10.5. The summed E-state index contributed by atoms with van der Waals surface area (Å²) >= 11 is 0. The van der Waals surface area contributed by atoms with E-state index in [1.807, 2.05) is 25.3 Å². The molecule has 0 aromatic heterocycles. The lowest BCUT2D eigenvalue weighted by Gasteiger charge is -2.58. The SMILES string of the molecule is CCOc1cc(C=NC(C)C23CC4CC(CC(C4)C2)C3)ccc1OC(C)=O. The van der Waals surface area contributed by atoms with Crippen LogP contribution in [0, 0.1) is 23.2 Å². The third-order valence-corrected chi connectivity index (χ3v) is 6.94. The van der Waals surface area contributed by atoms with Crippen LogP contribution in [0.2, 0.25) is 0 Å². The van der Waals surface area contributed by atoms with Crippen LogP contribution in [0.5, 0.6) is 11.5 Å². The highest BCUT2D eigenvalue weighted by atomic mass is 16.6. The molecule has 4 fully saturated rings. The second kappa shape index (κ2) is 7.29. The van der Waals surface area contributed by atoms with Gasteiger partial charge in [-0.2, -0.15) is 0 Å². The van der Waals surface area contributed by atoms with Crippen LogP contribution in [-0.4, -0.2) is 24.8 Å². The van der Waals surface area contributed by atoms with E-state index in [2.05, 4.69) is 6.92 Å². The molecule has 27 heavy (non-hydrogen) atoms. The van der Waals surface area contributed by atoms with Crippen LogP contribution < -0.4 is 9.47 Å². The molecular formula is C23H31NO3. The van der Waals surface area contributed by atoms with Crippen LogP contribution in [0.4, 0.5) is 0 Å². The number of aliphatic imine (C=N–C) groups is 1. The molecule has 146 valence electrons. The van der Waals surface area contributed by atoms with Gasteiger partial charge in [-0.25, -0.2) is 0 Å². The van der Waals surface area contributed by atoms with Gasteiger partial charge in [0.05, 0.1) is 12.6 Å². The van der Waals surface area contributed by atoms with Gasteiger partial charge in [0.25, 0.3) is 0 Å². The van der Waals surface area contributed by atoms with Gasteiger partial charge in [0.1, 0.15) is 0 Å². The predicted molar refractivity (Wildman–Crippen MR) is 107 cm³/mol. The molecule has 1 aromatic carbocycles. The van der Waals surface area contributed by atoms with Gasteiger partial charge >= 0.3 is 5.97 Å². The Morgan fingerprint density at radius 1 is 1.19 bits per heavy atom. The molecule has 0 heterocycles. The Hall–Kier alpha value is -1.84. The van der Waals surface area contributed by atoms with Gasteiger partial charge in [-0.05, 0) is 99.3 Å². The van der Waals surface area contributed by atoms with Crippen LogP contribution in [0.15, 0.2) is 23.2 Å². The van der Waals surface area contributed by atoms with Crippen molar-refractivity contribution in [3.05, 3.63) is 23.8 Å². The number of hydrogen-bond donors (Lipinski definition) is 0. The van der Waals surface area contributed by atoms with Gasteiger partial charge in [0.15, 0.2) is 11.5 Å². The smallest absolute Gasteiger partial charge is 0.308 e. The number of benzene rings is 1. The molecule has 1 unspecified atom stereocenters. The number of hydrogen-bond acceptors (Lipinski definition) is 4. The first-order chi connectivity index (χ1) is 13.0. The minimum atomic E-state index is -0.340. The van der Waals surface area contributed by atoms with Crippen LogP contribution in [0.1, 0.15) is 64.9 Å². The summed E-state index contributed by atoms with van der Waals surface area (Å²) in [7, 11) is 0. The van der Waals surface area contributed by atoms with Crippen molar-refractivity contribution in [1.29, 1.82) is 0 Å². The molecule has 4 nitrogen and oxygen atoms in total. The van der Waals surface area contributed by atoms with Crippen molar-refractivity contribution in [3.63, 3.8) is 0 Å². The lowest BCUT2D eigenvalue weighted by Crippen LogP contribution is -2.50. The summed E-state index contributed by atoms with van der Waals surface area (Å²) in [4.78, 5) is 16.3. The monoisotopic (exact) mass is 369 g/mol. The van der Waals surface area contributed by atoms with Gasteiger partial charge < -0.3 is 9.47 Å². The quantitative estimate of drug-likeness (QED) is 0.401. The summed E-state index contributed by atoms with van der Waals surface area (Å²) in [6.45, 7) is 6.16. The molecule has 0 aliphatic heterocycles. The van der Waals surface area contributed by atoms with Gasteiger partial charge in [0.2, 0.25) is 0 Å². The molecule has 0 amide bonds. The number of carbonyl (C=O) groups excluding carboxylic acids is 1. The molecule has 0 spiro atoms. The molecule has 5 rings (SSSR count). The Bertz CT molecular complexity index is 704. The molecule has 4 aliphatic carbocycles. The van der Waals surface area contributed by atoms with Gasteiger partial charge in [0, 0.05) is 13.1 Å². The highest BCUT2D eigenvalue weighted by Gasteiger charge is 2.53. The number of ether oxygens (including phenoxy) is 2. The third kappa shape index (κ3) is 3.76. The summed E-state index contributed by atoms with van der Waals surface area (Å²) < 4.78 is 10.9. The van der Waals surface area contributed by atoms with E-state index in [4.69, 9.17) is 14.5 Å². The summed E-state index contributed by atoms with van der Waals surface area (Å²) in [5.41, 5.74) is 1.41. The number of rotatable bonds is 6. The molecule has 4 aliphatic rings. The Morgan fingerprint density at radius 3 is 2.37 bits per heavy atom. The van der Waals surface area contributed by atoms with E-state index in [1.54, 1.807) is 6.07 Å². The average molecular weight is 370 g/mol. The standard InChI is InChI=1S/C23H31NO3/c1-4-26-22-10-17(5-6-21(22)27-16(3)25)14-24-15(2)23-11-18-7-19(12-23)9-20(8-18)13-23/h5-6,10,14-15,18-20H,4,7-9,11-13H2,1-3H3. The zero-order valence-corrected chi connectivity index (χ0v) is 16.7. The van der Waals surface area contributed by atoms with Crippen LogP contribution in [0.25, 0.3) is 0 Å². The number of carbonyl (C=O) groups is 1. The highest BCUT2D eigenvalue weighted by molar-refractivity contribution is 5.81. The van der Waals surface area contributed by atoms with Crippen LogP contribution in [-0.2, 0) is 4.79 Å². The van der Waals surface area contributed by atoms with Crippen molar-refractivity contribution in [2.24, 2.45) is 28.2 Å². The zero-order valence-electron chi connectivity index (χ0n) is 16.7. The summed E-state index contributed by atoms with van der Waals surface area (Å²) in [6, 6.07) is 6.01. The fraction of sp³-hybridized carbons (Fsp3) is 0.652. The molecule has 1 atom stereocenters. The Morgan fingerprint density at radius 2 is 1.81 bits per heavy atom. The molecule has 0 radical (unpaired) electrons. The molecule has 0 saturated heterocycles. The van der Waals surface area contributed by atoms with Crippen molar-refractivity contribution in [3.8, 4) is 11.5 Å². The van der Waals surface area contributed by atoms with Crippen molar-refractivity contribution >= 4 is 12.2 Å². The maximum Gasteiger partial charge on any atom is 0.308 e. The van der Waals surface area contributed by atoms with E-state index in [9.17, 15) is 4.79 Å². The molecular weight excluding hydrogens is 338 g/mol. The van der Waals surface area contributed by atoms with E-state index in [0.717, 1.165) is 23.3 Å². The van der Waals surface area contributed by atoms with Crippen molar-refractivity contribution in [2.75, 3.05) is 6.61 Å². The van der Waals surface area contributed by atoms with Gasteiger partial charge in [-0.1, -0.05) is 0 Å². The average Bonchev–Trinajstić information content (AvgIpc) is 2.60. The summed E-state index contributed by atoms with van der Waals surface area (Å²) in [5.74, 6) is 3.56. The lowest BCUT2D eigenvalue weighted by molar-refractivity contribution is -0.132. The Kier molecular flexibility index (Phi) is 5.00. The largest absolute Gasteiger partial charge is 0.490 e. The Labute approximate surface area is 162 Å². The minimum Gasteiger partial charge on any atom is -0.490 e. The second-order valence-electron chi connectivity index (χ2n) is 8.97. The predicted octanol–water partition coefficient (Wildman–Crippen LogP) is 5.03. The second-order valence-corrected chi connectivity index (χ2v) is 8.97. The minimum absolute atomic E-state index is 0.340. The molecule has 4 saturated carbocycles. The first-order valence-corrected chi connectivity index (χ1v) is 10.5. The summed E-state index contributed by atoms with van der Waals surface area (Å²) in [5, 5.41) is 0. The maximum atomic E-state index is 11.3. The van der Waals surface area contributed by atoms with E-state index in [0.29, 0.717) is 29.6 Å². The van der Waals surface area contributed by atoms with Gasteiger partial charge in [-0.15, -0.1) is 0 Å². The maximum absolute atomic E-state index is 11.3. The van der Waals surface area contributed by atoms with Crippen molar-refractivity contribution < 1.29 is 14.3 Å². The first kappa shape index (κ1) is 18.5. The van der Waals surface area contributed by atoms with Crippen molar-refractivity contribution in [2.45, 2.75) is 65.3 Å². The number of esters is 1. The first-order valence-electron chi connectivity index (χ1n) is 10.5. The Balaban J connectivity index is 1.50. The zero-order chi connectivity index (χ0) is 19.0. The van der Waals surface area contributed by atoms with E-state index >= 15 is 0 Å². The van der Waals surface area contributed by atoms with Crippen LogP contribution >= 0.6 is 0 Å². The molecule has 0 N–H and O–H groups in total. The van der Waals surface area contributed by atoms with Crippen LogP contribution in [0.3, 0.4) is 0 Å². The van der Waals surface area contributed by atoms with Crippen molar-refractivity contribution in [1.82, 2.24) is 0 Å². The fourth-order valence-electron chi connectivity index (χ4n) is 6.16. The fourth-order valence-corrected chi connectivity index (χ4v) is 6.16. The van der Waals surface area contributed by atoms with Gasteiger partial charge in [-0.3, -0.25) is 9.79 Å².